The molecule has 1 N–H and O–H groups in total. The molecule has 0 heterocycles. The van der Waals surface area contributed by atoms with Gasteiger partial charge in [-0.15, -0.1) is 0 Å². The zero-order valence-electron chi connectivity index (χ0n) is 18.8. The summed E-state index contributed by atoms with van der Waals surface area (Å²) in [5, 5.41) is 3.18. The first-order valence-electron chi connectivity index (χ1n) is 10.5. The molecule has 3 rings (SSSR count). The van der Waals surface area contributed by atoms with Crippen molar-refractivity contribution >= 4 is 33.2 Å². The van der Waals surface area contributed by atoms with Gasteiger partial charge < -0.3 is 10.1 Å². The highest BCUT2D eigenvalue weighted by Crippen LogP contribution is 2.30. The van der Waals surface area contributed by atoms with Crippen LogP contribution in [-0.2, 0) is 14.8 Å². The van der Waals surface area contributed by atoms with Crippen LogP contribution in [-0.4, -0.2) is 28.0 Å². The summed E-state index contributed by atoms with van der Waals surface area (Å²) in [6, 6.07) is 20.2. The maximum absolute atomic E-state index is 13.5. The summed E-state index contributed by atoms with van der Waals surface area (Å²) < 4.78 is 33.2. The molecule has 0 radical (unpaired) electrons. The Morgan fingerprint density at radius 3 is 2.24 bits per heavy atom. The Bertz CT molecular complexity index is 1200. The number of hydrogen-bond donors (Lipinski definition) is 1. The lowest BCUT2D eigenvalue weighted by atomic mass is 10.0. The third-order valence-electron chi connectivity index (χ3n) is 5.28. The van der Waals surface area contributed by atoms with Crippen LogP contribution < -0.4 is 14.4 Å². The second kappa shape index (κ2) is 10.7. The van der Waals surface area contributed by atoms with Gasteiger partial charge in [-0.05, 0) is 55.3 Å². The van der Waals surface area contributed by atoms with Gasteiger partial charge in [0.25, 0.3) is 10.0 Å². The number of rotatable bonds is 9. The number of para-hydroxylation sites is 1. The van der Waals surface area contributed by atoms with Gasteiger partial charge in [0.15, 0.2) is 0 Å². The smallest absolute Gasteiger partial charge is 0.264 e. The summed E-state index contributed by atoms with van der Waals surface area (Å²) in [4.78, 5) is 13.1. The molecule has 8 heteroatoms. The zero-order valence-corrected chi connectivity index (χ0v) is 20.4. The number of anilines is 1. The average molecular weight is 487 g/mol. The van der Waals surface area contributed by atoms with Crippen molar-refractivity contribution in [1.82, 2.24) is 5.32 Å². The van der Waals surface area contributed by atoms with E-state index in [1.165, 1.54) is 12.1 Å². The van der Waals surface area contributed by atoms with Crippen LogP contribution in [0, 0.1) is 6.92 Å². The second-order valence-corrected chi connectivity index (χ2v) is 9.85. The Kier molecular flexibility index (Phi) is 8.00. The van der Waals surface area contributed by atoms with Crippen LogP contribution in [0.5, 0.6) is 5.75 Å². The fourth-order valence-electron chi connectivity index (χ4n) is 3.42. The number of carbonyl (C=O) groups excluding carboxylic acids is 1. The molecule has 1 atom stereocenters. The van der Waals surface area contributed by atoms with Crippen LogP contribution >= 0.6 is 11.6 Å². The van der Waals surface area contributed by atoms with Crippen LogP contribution in [0.25, 0.3) is 0 Å². The number of amides is 1. The van der Waals surface area contributed by atoms with Crippen molar-refractivity contribution < 1.29 is 17.9 Å². The average Bonchev–Trinajstić information content (AvgIpc) is 2.82. The Labute approximate surface area is 200 Å². The van der Waals surface area contributed by atoms with E-state index in [-0.39, 0.29) is 21.6 Å². The van der Waals surface area contributed by atoms with Gasteiger partial charge in [0.05, 0.1) is 28.8 Å². The Balaban J connectivity index is 1.90. The highest BCUT2D eigenvalue weighted by atomic mass is 35.5. The Morgan fingerprint density at radius 2 is 1.67 bits per heavy atom. The van der Waals surface area contributed by atoms with E-state index in [4.69, 9.17) is 16.3 Å². The van der Waals surface area contributed by atoms with E-state index in [1.54, 1.807) is 43.5 Å². The van der Waals surface area contributed by atoms with Gasteiger partial charge in [-0.3, -0.25) is 9.10 Å². The lowest BCUT2D eigenvalue weighted by Gasteiger charge is -2.26. The first kappa shape index (κ1) is 24.6. The molecule has 0 fully saturated rings. The third-order valence-corrected chi connectivity index (χ3v) is 7.37. The van der Waals surface area contributed by atoms with Crippen molar-refractivity contribution in [3.8, 4) is 5.75 Å². The van der Waals surface area contributed by atoms with Crippen LogP contribution in [0.3, 0.4) is 0 Å². The molecule has 0 spiro atoms. The number of nitrogens with one attached hydrogen (secondary N) is 1. The third kappa shape index (κ3) is 5.86. The molecule has 1 amide bonds. The van der Waals surface area contributed by atoms with Gasteiger partial charge >= 0.3 is 0 Å². The van der Waals surface area contributed by atoms with Crippen molar-refractivity contribution in [3.05, 3.63) is 88.9 Å². The molecule has 6 nitrogen and oxygen atoms in total. The predicted molar refractivity (Wildman–Crippen MR) is 131 cm³/mol. The van der Waals surface area contributed by atoms with Gasteiger partial charge in [-0.2, -0.15) is 0 Å². The summed E-state index contributed by atoms with van der Waals surface area (Å²) in [6.07, 6.45) is 0.634. The lowest BCUT2D eigenvalue weighted by molar-refractivity contribution is -0.120. The first-order chi connectivity index (χ1) is 15.8. The lowest BCUT2D eigenvalue weighted by Crippen LogP contribution is -2.42. The molecule has 0 bridgehead atoms. The summed E-state index contributed by atoms with van der Waals surface area (Å²) in [6.45, 7) is 3.41. The van der Waals surface area contributed by atoms with Crippen LogP contribution in [0.1, 0.15) is 30.5 Å². The molecular weight excluding hydrogens is 460 g/mol. The van der Waals surface area contributed by atoms with Crippen molar-refractivity contribution in [3.63, 3.8) is 0 Å². The number of carbonyl (C=O) groups is 1. The number of aryl methyl sites for hydroxylation is 1. The molecule has 3 aromatic rings. The number of ether oxygens (including phenoxy) is 1. The fraction of sp³-hybridized carbons (Fsp3) is 0.240. The molecule has 0 aromatic heterocycles. The van der Waals surface area contributed by atoms with Gasteiger partial charge in [-0.1, -0.05) is 60.5 Å². The van der Waals surface area contributed by atoms with Gasteiger partial charge in [0.1, 0.15) is 12.3 Å². The molecule has 0 saturated heterocycles. The van der Waals surface area contributed by atoms with E-state index in [1.807, 2.05) is 38.1 Å². The quantitative estimate of drug-likeness (QED) is 0.455. The van der Waals surface area contributed by atoms with Crippen LogP contribution in [0.2, 0.25) is 5.02 Å². The molecule has 0 saturated carbocycles. The molecule has 33 heavy (non-hydrogen) atoms. The van der Waals surface area contributed by atoms with Crippen LogP contribution in [0.4, 0.5) is 5.69 Å². The van der Waals surface area contributed by atoms with E-state index < -0.39 is 22.5 Å². The second-order valence-electron chi connectivity index (χ2n) is 7.58. The summed E-state index contributed by atoms with van der Waals surface area (Å²) in [5.74, 6) is 0.280. The highest BCUT2D eigenvalue weighted by molar-refractivity contribution is 7.92. The minimum Gasteiger partial charge on any atom is -0.497 e. The summed E-state index contributed by atoms with van der Waals surface area (Å²) in [5.41, 5.74) is 2.07. The zero-order chi connectivity index (χ0) is 24.0. The molecular formula is C25H27ClN2O4S. The Morgan fingerprint density at radius 1 is 1.03 bits per heavy atom. The summed E-state index contributed by atoms with van der Waals surface area (Å²) >= 11 is 6.33. The van der Waals surface area contributed by atoms with E-state index in [9.17, 15) is 13.2 Å². The van der Waals surface area contributed by atoms with Crippen LogP contribution in [0.15, 0.2) is 77.7 Å². The maximum atomic E-state index is 13.5. The number of methoxy groups -OCH3 is 1. The largest absolute Gasteiger partial charge is 0.497 e. The molecule has 3 aromatic carbocycles. The fourth-order valence-corrected chi connectivity index (χ4v) is 5.15. The molecule has 0 aliphatic rings. The van der Waals surface area contributed by atoms with Crippen molar-refractivity contribution in [2.75, 3.05) is 18.0 Å². The Hall–Kier alpha value is -3.03. The minimum absolute atomic E-state index is 0.0861. The van der Waals surface area contributed by atoms with Gasteiger partial charge in [0.2, 0.25) is 5.91 Å². The van der Waals surface area contributed by atoms with Crippen molar-refractivity contribution in [1.29, 1.82) is 0 Å². The predicted octanol–water partition coefficient (Wildman–Crippen LogP) is 5.12. The molecule has 0 aliphatic heterocycles. The SMILES string of the molecule is CC[C@@H](NC(=O)CN(c1ccccc1Cl)S(=O)(=O)c1ccc(C)cc1)c1ccc(OC)cc1. The topological polar surface area (TPSA) is 75.7 Å². The highest BCUT2D eigenvalue weighted by Gasteiger charge is 2.29. The van der Waals surface area contributed by atoms with E-state index in [0.29, 0.717) is 12.2 Å². The van der Waals surface area contributed by atoms with E-state index in [2.05, 4.69) is 5.32 Å². The molecule has 0 aliphatic carbocycles. The minimum atomic E-state index is -4.03. The maximum Gasteiger partial charge on any atom is 0.264 e. The number of benzene rings is 3. The monoisotopic (exact) mass is 486 g/mol. The number of nitrogens with zero attached hydrogens (tertiary/aromatic N) is 1. The van der Waals surface area contributed by atoms with Crippen molar-refractivity contribution in [2.24, 2.45) is 0 Å². The molecule has 174 valence electrons. The molecule has 0 unspecified atom stereocenters. The van der Waals surface area contributed by atoms with E-state index in [0.717, 1.165) is 15.4 Å². The number of hydrogen-bond acceptors (Lipinski definition) is 4. The van der Waals surface area contributed by atoms with E-state index >= 15 is 0 Å². The van der Waals surface area contributed by atoms with Gasteiger partial charge in [0, 0.05) is 0 Å². The first-order valence-corrected chi connectivity index (χ1v) is 12.3. The standard InChI is InChI=1S/C25H27ClN2O4S/c1-4-23(19-11-13-20(32-3)14-12-19)27-25(29)17-28(24-8-6-5-7-22(24)26)33(30,31)21-15-9-18(2)10-16-21/h5-16,23H,4,17H2,1-3H3,(H,27,29)/t23-/m1/s1. The van der Waals surface area contributed by atoms with Gasteiger partial charge in [-0.25, -0.2) is 8.42 Å². The normalized spacial score (nSPS) is 12.1. The van der Waals surface area contributed by atoms with Crippen molar-refractivity contribution in [2.45, 2.75) is 31.2 Å². The summed E-state index contributed by atoms with van der Waals surface area (Å²) in [7, 11) is -2.44. The number of halogens is 1. The number of sulfonamides is 1.